The molecule has 0 aliphatic rings. The van der Waals surface area contributed by atoms with E-state index in [0.29, 0.717) is 59.0 Å². The zero-order valence-corrected chi connectivity index (χ0v) is 20.6. The first-order chi connectivity index (χ1) is 17.0. The third-order valence-electron chi connectivity index (χ3n) is 5.96. The van der Waals surface area contributed by atoms with Crippen LogP contribution in [0.15, 0.2) is 83.7 Å². The van der Waals surface area contributed by atoms with Crippen LogP contribution in [0.1, 0.15) is 42.0 Å². The van der Waals surface area contributed by atoms with Gasteiger partial charge in [-0.2, -0.15) is 0 Å². The Bertz CT molecular complexity index is 1370. The zero-order valence-electron chi connectivity index (χ0n) is 19.9. The summed E-state index contributed by atoms with van der Waals surface area (Å²) in [4.78, 5) is 34.2. The molecule has 0 aliphatic carbocycles. The maximum atomic E-state index is 13.8. The molecule has 0 saturated heterocycles. The van der Waals surface area contributed by atoms with E-state index in [1.807, 2.05) is 55.5 Å². The highest BCUT2D eigenvalue weighted by molar-refractivity contribution is 6.30. The van der Waals surface area contributed by atoms with Crippen molar-refractivity contribution in [1.82, 2.24) is 14.5 Å². The Morgan fingerprint density at radius 3 is 2.51 bits per heavy atom. The number of aromatic nitrogens is 2. The summed E-state index contributed by atoms with van der Waals surface area (Å²) in [6.45, 7) is 2.94. The molecule has 0 saturated carbocycles. The summed E-state index contributed by atoms with van der Waals surface area (Å²) in [5, 5.41) is 1.02. The number of rotatable bonds is 9. The van der Waals surface area contributed by atoms with Crippen LogP contribution in [0.4, 0.5) is 0 Å². The van der Waals surface area contributed by atoms with Crippen LogP contribution in [0.5, 0.6) is 0 Å². The number of carbonyl (C=O) groups is 1. The fraction of sp³-hybridized carbons (Fsp3) is 0.250. The molecule has 1 atom stereocenters. The molecule has 1 heterocycles. The zero-order chi connectivity index (χ0) is 24.8. The lowest BCUT2D eigenvalue weighted by atomic mass is 10.1. The standard InChI is InChI=1S/C28H28ClN3O3/c1-3-25(31(17-10-18-35-2)27(33)20-11-9-12-21(29)19-20)26-30-24-16-8-7-15-23(24)28(34)32(26)22-13-5-4-6-14-22/h4-9,11-16,19,25H,3,10,17-18H2,1-2H3. The van der Waals surface area contributed by atoms with Crippen molar-refractivity contribution in [3.63, 3.8) is 0 Å². The van der Waals surface area contributed by atoms with Gasteiger partial charge < -0.3 is 9.64 Å². The minimum absolute atomic E-state index is 0.165. The molecule has 0 fully saturated rings. The van der Waals surface area contributed by atoms with Gasteiger partial charge in [-0.25, -0.2) is 4.98 Å². The van der Waals surface area contributed by atoms with Gasteiger partial charge in [0.1, 0.15) is 5.82 Å². The summed E-state index contributed by atoms with van der Waals surface area (Å²) in [7, 11) is 1.64. The molecule has 7 heteroatoms. The molecule has 4 rings (SSSR count). The molecular formula is C28H28ClN3O3. The Kier molecular flexibility index (Phi) is 7.95. The summed E-state index contributed by atoms with van der Waals surface area (Å²) in [5.74, 6) is 0.354. The van der Waals surface area contributed by atoms with Crippen molar-refractivity contribution in [3.05, 3.63) is 106 Å². The molecule has 1 amide bonds. The van der Waals surface area contributed by atoms with Crippen LogP contribution in [0.3, 0.4) is 0 Å². The lowest BCUT2D eigenvalue weighted by molar-refractivity contribution is 0.0634. The summed E-state index contributed by atoms with van der Waals surface area (Å²) < 4.78 is 6.89. The largest absolute Gasteiger partial charge is 0.385 e. The van der Waals surface area contributed by atoms with Gasteiger partial charge in [0.15, 0.2) is 0 Å². The van der Waals surface area contributed by atoms with Gasteiger partial charge in [-0.3, -0.25) is 14.2 Å². The van der Waals surface area contributed by atoms with Crippen molar-refractivity contribution in [2.45, 2.75) is 25.8 Å². The molecule has 0 bridgehead atoms. The van der Waals surface area contributed by atoms with Crippen LogP contribution in [0.2, 0.25) is 5.02 Å². The van der Waals surface area contributed by atoms with Crippen molar-refractivity contribution in [2.75, 3.05) is 20.3 Å². The molecular weight excluding hydrogens is 462 g/mol. The molecule has 0 radical (unpaired) electrons. The highest BCUT2D eigenvalue weighted by Crippen LogP contribution is 2.28. The summed E-state index contributed by atoms with van der Waals surface area (Å²) in [6, 6.07) is 23.2. The topological polar surface area (TPSA) is 64.4 Å². The van der Waals surface area contributed by atoms with E-state index in [2.05, 4.69) is 0 Å². The fourth-order valence-electron chi connectivity index (χ4n) is 4.31. The van der Waals surface area contributed by atoms with Gasteiger partial charge in [-0.1, -0.05) is 54.9 Å². The Morgan fingerprint density at radius 2 is 1.80 bits per heavy atom. The average Bonchev–Trinajstić information content (AvgIpc) is 2.88. The highest BCUT2D eigenvalue weighted by Gasteiger charge is 2.29. The Balaban J connectivity index is 1.91. The lowest BCUT2D eigenvalue weighted by Crippen LogP contribution is -2.39. The Labute approximate surface area is 209 Å². The van der Waals surface area contributed by atoms with Gasteiger partial charge in [0.25, 0.3) is 11.5 Å². The quantitative estimate of drug-likeness (QED) is 0.284. The number of hydrogen-bond acceptors (Lipinski definition) is 4. The maximum absolute atomic E-state index is 13.8. The highest BCUT2D eigenvalue weighted by atomic mass is 35.5. The van der Waals surface area contributed by atoms with E-state index in [4.69, 9.17) is 21.3 Å². The van der Waals surface area contributed by atoms with Crippen molar-refractivity contribution in [1.29, 1.82) is 0 Å². The van der Waals surface area contributed by atoms with Crippen LogP contribution in [-0.4, -0.2) is 40.6 Å². The minimum Gasteiger partial charge on any atom is -0.385 e. The third kappa shape index (κ3) is 5.29. The maximum Gasteiger partial charge on any atom is 0.266 e. The number of methoxy groups -OCH3 is 1. The van der Waals surface area contributed by atoms with Crippen LogP contribution in [-0.2, 0) is 4.74 Å². The normalized spacial score (nSPS) is 12.0. The number of para-hydroxylation sites is 2. The first-order valence-electron chi connectivity index (χ1n) is 11.7. The molecule has 4 aromatic rings. The number of carbonyl (C=O) groups excluding carboxylic acids is 1. The minimum atomic E-state index is -0.448. The molecule has 6 nitrogen and oxygen atoms in total. The molecule has 35 heavy (non-hydrogen) atoms. The molecule has 0 spiro atoms. The summed E-state index contributed by atoms with van der Waals surface area (Å²) in [5.41, 5.74) is 1.63. The number of hydrogen-bond donors (Lipinski definition) is 0. The van der Waals surface area contributed by atoms with Crippen LogP contribution in [0.25, 0.3) is 16.6 Å². The summed E-state index contributed by atoms with van der Waals surface area (Å²) >= 11 is 6.19. The number of nitrogens with zero attached hydrogens (tertiary/aromatic N) is 3. The number of fused-ring (bicyclic) bond motifs is 1. The lowest BCUT2D eigenvalue weighted by Gasteiger charge is -2.32. The monoisotopic (exact) mass is 489 g/mol. The number of ether oxygens (including phenoxy) is 1. The number of benzene rings is 3. The Morgan fingerprint density at radius 1 is 1.06 bits per heavy atom. The molecule has 0 N–H and O–H groups in total. The van der Waals surface area contributed by atoms with Gasteiger partial charge in [0, 0.05) is 30.8 Å². The number of amides is 1. The predicted octanol–water partition coefficient (Wildman–Crippen LogP) is 5.67. The van der Waals surface area contributed by atoms with E-state index < -0.39 is 6.04 Å². The van der Waals surface area contributed by atoms with Crippen molar-refractivity contribution < 1.29 is 9.53 Å². The molecule has 0 aliphatic heterocycles. The van der Waals surface area contributed by atoms with Gasteiger partial charge in [-0.15, -0.1) is 0 Å². The first kappa shape index (κ1) is 24.6. The van der Waals surface area contributed by atoms with Crippen LogP contribution >= 0.6 is 11.6 Å². The van der Waals surface area contributed by atoms with Gasteiger partial charge in [0.2, 0.25) is 0 Å². The first-order valence-corrected chi connectivity index (χ1v) is 12.1. The third-order valence-corrected chi connectivity index (χ3v) is 6.19. The number of halogens is 1. The second-order valence-electron chi connectivity index (χ2n) is 8.24. The molecule has 180 valence electrons. The van der Waals surface area contributed by atoms with E-state index in [1.165, 1.54) is 0 Å². The average molecular weight is 490 g/mol. The molecule has 1 aromatic heterocycles. The van der Waals surface area contributed by atoms with Crippen LogP contribution in [0, 0.1) is 0 Å². The predicted molar refractivity (Wildman–Crippen MR) is 139 cm³/mol. The van der Waals surface area contributed by atoms with Crippen molar-refractivity contribution in [2.24, 2.45) is 0 Å². The van der Waals surface area contributed by atoms with Gasteiger partial charge in [-0.05, 0) is 55.3 Å². The van der Waals surface area contributed by atoms with E-state index in [1.54, 1.807) is 46.9 Å². The second kappa shape index (κ2) is 11.3. The Hall–Kier alpha value is -3.48. The fourth-order valence-corrected chi connectivity index (χ4v) is 4.50. The molecule has 1 unspecified atom stereocenters. The second-order valence-corrected chi connectivity index (χ2v) is 8.68. The molecule has 3 aromatic carbocycles. The SMILES string of the molecule is CCC(c1nc2ccccc2c(=O)n1-c1ccccc1)N(CCCOC)C(=O)c1cccc(Cl)c1. The van der Waals surface area contributed by atoms with Crippen molar-refractivity contribution in [3.8, 4) is 5.69 Å². The van der Waals surface area contributed by atoms with Gasteiger partial charge >= 0.3 is 0 Å². The van der Waals surface area contributed by atoms with Gasteiger partial charge in [0.05, 0.1) is 22.6 Å². The van der Waals surface area contributed by atoms with E-state index in [-0.39, 0.29) is 11.5 Å². The van der Waals surface area contributed by atoms with Crippen molar-refractivity contribution >= 4 is 28.4 Å². The van der Waals surface area contributed by atoms with E-state index in [9.17, 15) is 9.59 Å². The van der Waals surface area contributed by atoms with Crippen LogP contribution < -0.4 is 5.56 Å². The summed E-state index contributed by atoms with van der Waals surface area (Å²) in [6.07, 6.45) is 1.21. The van der Waals surface area contributed by atoms with E-state index >= 15 is 0 Å². The smallest absolute Gasteiger partial charge is 0.266 e. The van der Waals surface area contributed by atoms with E-state index in [0.717, 1.165) is 0 Å².